The lowest BCUT2D eigenvalue weighted by molar-refractivity contribution is 0.198. The monoisotopic (exact) mass is 447 g/mol. The van der Waals surface area contributed by atoms with Crippen LogP contribution in [0.4, 0.5) is 0 Å². The van der Waals surface area contributed by atoms with E-state index in [1.165, 1.54) is 5.56 Å². The molecule has 0 amide bonds. The van der Waals surface area contributed by atoms with E-state index in [4.69, 9.17) is 4.52 Å². The molecule has 0 radical (unpaired) electrons. The third-order valence-corrected chi connectivity index (χ3v) is 5.60. The number of hydrogen-bond donors (Lipinski definition) is 2. The summed E-state index contributed by atoms with van der Waals surface area (Å²) in [6.45, 7) is 7.99. The highest BCUT2D eigenvalue weighted by molar-refractivity contribution is 9.10. The highest BCUT2D eigenvalue weighted by Crippen LogP contribution is 2.16. The zero-order valence-electron chi connectivity index (χ0n) is 16.9. The number of rotatable bonds is 6. The van der Waals surface area contributed by atoms with Gasteiger partial charge in [0, 0.05) is 43.3 Å². The van der Waals surface area contributed by atoms with Gasteiger partial charge in [-0.3, -0.25) is 9.89 Å². The second kappa shape index (κ2) is 10.1. The maximum atomic E-state index is 5.38. The molecule has 0 unspecified atom stereocenters. The Morgan fingerprint density at radius 1 is 1.29 bits per heavy atom. The zero-order chi connectivity index (χ0) is 19.9. The molecule has 0 bridgehead atoms. The minimum Gasteiger partial charge on any atom is -0.359 e. The van der Waals surface area contributed by atoms with Gasteiger partial charge >= 0.3 is 0 Å². The number of halogens is 1. The van der Waals surface area contributed by atoms with Crippen LogP contribution < -0.4 is 10.6 Å². The van der Waals surface area contributed by atoms with Gasteiger partial charge in [-0.2, -0.15) is 0 Å². The average molecular weight is 448 g/mol. The van der Waals surface area contributed by atoms with E-state index >= 15 is 0 Å². The van der Waals surface area contributed by atoms with Crippen LogP contribution in [0.2, 0.25) is 0 Å². The lowest BCUT2D eigenvalue weighted by Gasteiger charge is -2.33. The first-order valence-corrected chi connectivity index (χ1v) is 10.7. The Hall–Kier alpha value is -1.86. The van der Waals surface area contributed by atoms with Gasteiger partial charge in [0.25, 0.3) is 0 Å². The molecular formula is C21H30BrN5O. The second-order valence-electron chi connectivity index (χ2n) is 7.62. The number of guanidine groups is 1. The number of nitrogens with zero attached hydrogens (tertiary/aromatic N) is 3. The Labute approximate surface area is 175 Å². The van der Waals surface area contributed by atoms with Crippen LogP contribution in [0.3, 0.4) is 0 Å². The Kier molecular flexibility index (Phi) is 7.50. The van der Waals surface area contributed by atoms with Gasteiger partial charge in [0.1, 0.15) is 0 Å². The smallest absolute Gasteiger partial charge is 0.191 e. The molecule has 1 aromatic carbocycles. The first-order valence-electron chi connectivity index (χ1n) is 9.93. The minimum absolute atomic E-state index is 0.373. The third-order valence-electron chi connectivity index (χ3n) is 5.07. The van der Waals surface area contributed by atoms with E-state index < -0.39 is 0 Å². The van der Waals surface area contributed by atoms with Crippen molar-refractivity contribution in [3.05, 3.63) is 51.8 Å². The van der Waals surface area contributed by atoms with Gasteiger partial charge in [-0.25, -0.2) is 0 Å². The summed E-state index contributed by atoms with van der Waals surface area (Å²) in [4.78, 5) is 6.86. The highest BCUT2D eigenvalue weighted by atomic mass is 79.9. The molecule has 0 saturated carbocycles. The summed E-state index contributed by atoms with van der Waals surface area (Å²) in [5.41, 5.74) is 2.35. The molecule has 1 fully saturated rings. The van der Waals surface area contributed by atoms with Crippen LogP contribution >= 0.6 is 15.9 Å². The fraction of sp³-hybridized carbons (Fsp3) is 0.524. The van der Waals surface area contributed by atoms with Gasteiger partial charge in [-0.05, 0) is 36.5 Å². The molecule has 2 heterocycles. The van der Waals surface area contributed by atoms with Crippen LogP contribution in [0, 0.1) is 0 Å². The normalized spacial score (nSPS) is 16.5. The standard InChI is InChI=1S/C21H30BrN5O/c1-15(2)20-12-19(28-26-20)13-24-21(23-3)25-18-8-10-27(11-9-18)14-16-4-6-17(22)7-5-16/h4-7,12,15,18H,8-11,13-14H2,1-3H3,(H2,23,24,25). The fourth-order valence-corrected chi connectivity index (χ4v) is 3.59. The third kappa shape index (κ3) is 6.07. The van der Waals surface area contributed by atoms with E-state index in [0.29, 0.717) is 18.5 Å². The van der Waals surface area contributed by atoms with Crippen molar-refractivity contribution in [2.24, 2.45) is 4.99 Å². The number of likely N-dealkylation sites (tertiary alicyclic amines) is 1. The number of nitrogens with one attached hydrogen (secondary N) is 2. The maximum absolute atomic E-state index is 5.38. The molecule has 1 saturated heterocycles. The summed E-state index contributed by atoms with van der Waals surface area (Å²) >= 11 is 3.49. The molecule has 3 rings (SSSR count). The van der Waals surface area contributed by atoms with Crippen LogP contribution in [0.1, 0.15) is 49.6 Å². The summed E-state index contributed by atoms with van der Waals surface area (Å²) < 4.78 is 6.51. The van der Waals surface area contributed by atoms with Crippen molar-refractivity contribution in [2.75, 3.05) is 20.1 Å². The van der Waals surface area contributed by atoms with Gasteiger partial charge in [0.15, 0.2) is 11.7 Å². The molecule has 0 atom stereocenters. The van der Waals surface area contributed by atoms with Crippen LogP contribution in [0.25, 0.3) is 0 Å². The molecule has 2 aromatic rings. The van der Waals surface area contributed by atoms with Crippen molar-refractivity contribution in [3.8, 4) is 0 Å². The van der Waals surface area contributed by atoms with Gasteiger partial charge in [0.05, 0.1) is 12.2 Å². The van der Waals surface area contributed by atoms with Crippen LogP contribution in [-0.4, -0.2) is 42.2 Å². The van der Waals surface area contributed by atoms with Crippen LogP contribution in [0.5, 0.6) is 0 Å². The molecule has 0 aliphatic carbocycles. The summed E-state index contributed by atoms with van der Waals surface area (Å²) in [6, 6.07) is 11.0. The fourth-order valence-electron chi connectivity index (χ4n) is 3.33. The van der Waals surface area contributed by atoms with Gasteiger partial charge < -0.3 is 15.2 Å². The van der Waals surface area contributed by atoms with E-state index in [0.717, 1.165) is 54.4 Å². The predicted octanol–water partition coefficient (Wildman–Crippen LogP) is 3.89. The molecule has 28 heavy (non-hydrogen) atoms. The minimum atomic E-state index is 0.373. The molecular weight excluding hydrogens is 418 g/mol. The van der Waals surface area contributed by atoms with E-state index in [2.05, 4.69) is 79.7 Å². The lowest BCUT2D eigenvalue weighted by atomic mass is 10.0. The topological polar surface area (TPSA) is 65.7 Å². The molecule has 1 aliphatic heterocycles. The van der Waals surface area contributed by atoms with Crippen molar-refractivity contribution in [3.63, 3.8) is 0 Å². The Balaban J connectivity index is 1.41. The number of piperidine rings is 1. The number of aromatic nitrogens is 1. The molecule has 1 aromatic heterocycles. The van der Waals surface area contributed by atoms with Crippen molar-refractivity contribution < 1.29 is 4.52 Å². The van der Waals surface area contributed by atoms with E-state index in [-0.39, 0.29) is 0 Å². The summed E-state index contributed by atoms with van der Waals surface area (Å²) in [5.74, 6) is 2.02. The van der Waals surface area contributed by atoms with Gasteiger partial charge in [-0.15, -0.1) is 0 Å². The largest absolute Gasteiger partial charge is 0.359 e. The SMILES string of the molecule is CN=C(NCc1cc(C(C)C)no1)NC1CCN(Cc2ccc(Br)cc2)CC1. The first-order chi connectivity index (χ1) is 13.5. The quantitative estimate of drug-likeness (QED) is 0.519. The molecule has 152 valence electrons. The summed E-state index contributed by atoms with van der Waals surface area (Å²) in [6.07, 6.45) is 2.22. The van der Waals surface area contributed by atoms with Crippen LogP contribution in [-0.2, 0) is 13.1 Å². The van der Waals surface area contributed by atoms with Crippen molar-refractivity contribution in [1.29, 1.82) is 0 Å². The Morgan fingerprint density at radius 2 is 2.00 bits per heavy atom. The zero-order valence-corrected chi connectivity index (χ0v) is 18.5. The Morgan fingerprint density at radius 3 is 2.61 bits per heavy atom. The lowest BCUT2D eigenvalue weighted by Crippen LogP contribution is -2.48. The average Bonchev–Trinajstić information content (AvgIpc) is 3.18. The van der Waals surface area contributed by atoms with Gasteiger partial charge in [-0.1, -0.05) is 47.1 Å². The molecule has 2 N–H and O–H groups in total. The Bertz CT molecular complexity index is 763. The van der Waals surface area contributed by atoms with E-state index in [9.17, 15) is 0 Å². The summed E-state index contributed by atoms with van der Waals surface area (Å²) in [7, 11) is 1.80. The van der Waals surface area contributed by atoms with Gasteiger partial charge in [0.2, 0.25) is 0 Å². The number of aliphatic imine (C=N–C) groups is 1. The number of benzene rings is 1. The number of hydrogen-bond acceptors (Lipinski definition) is 4. The second-order valence-corrected chi connectivity index (χ2v) is 8.54. The molecule has 0 spiro atoms. The van der Waals surface area contributed by atoms with E-state index in [1.54, 1.807) is 7.05 Å². The first kappa shape index (κ1) is 20.9. The van der Waals surface area contributed by atoms with E-state index in [1.807, 2.05) is 6.07 Å². The van der Waals surface area contributed by atoms with Crippen LogP contribution in [0.15, 0.2) is 44.3 Å². The van der Waals surface area contributed by atoms with Crippen molar-refractivity contribution >= 4 is 21.9 Å². The summed E-state index contributed by atoms with van der Waals surface area (Å²) in [5, 5.41) is 11.0. The highest BCUT2D eigenvalue weighted by Gasteiger charge is 2.20. The van der Waals surface area contributed by atoms with Crippen molar-refractivity contribution in [2.45, 2.75) is 51.7 Å². The van der Waals surface area contributed by atoms with Crippen molar-refractivity contribution in [1.82, 2.24) is 20.7 Å². The molecule has 6 nitrogen and oxygen atoms in total. The maximum Gasteiger partial charge on any atom is 0.191 e. The molecule has 7 heteroatoms. The predicted molar refractivity (Wildman–Crippen MR) is 116 cm³/mol. The molecule has 1 aliphatic rings.